The van der Waals surface area contributed by atoms with Gasteiger partial charge in [-0.3, -0.25) is 4.79 Å². The first kappa shape index (κ1) is 18.6. The maximum Gasteiger partial charge on any atom is 0.291 e. The summed E-state index contributed by atoms with van der Waals surface area (Å²) in [5.41, 5.74) is 3.06. The second-order valence-electron chi connectivity index (χ2n) is 6.21. The summed E-state index contributed by atoms with van der Waals surface area (Å²) in [4.78, 5) is 12.3. The average Bonchev–Trinajstić information content (AvgIpc) is 3.14. The molecule has 0 aliphatic carbocycles. The number of rotatable bonds is 7. The van der Waals surface area contributed by atoms with Gasteiger partial charge in [0, 0.05) is 5.69 Å². The quantitative estimate of drug-likeness (QED) is 0.631. The third-order valence-corrected chi connectivity index (χ3v) is 4.17. The average molecular weight is 365 g/mol. The summed E-state index contributed by atoms with van der Waals surface area (Å²) in [6.45, 7) is 6.89. The summed E-state index contributed by atoms with van der Waals surface area (Å²) in [6, 6.07) is 16.5. The van der Waals surface area contributed by atoms with Gasteiger partial charge in [-0.05, 0) is 80.4 Å². The highest BCUT2D eigenvalue weighted by molar-refractivity contribution is 6.02. The van der Waals surface area contributed by atoms with Crippen molar-refractivity contribution in [1.82, 2.24) is 0 Å². The summed E-state index contributed by atoms with van der Waals surface area (Å²) in [7, 11) is 0. The molecule has 0 fully saturated rings. The molecule has 1 heterocycles. The van der Waals surface area contributed by atoms with Crippen LogP contribution < -0.4 is 14.8 Å². The first-order chi connectivity index (χ1) is 13.0. The molecule has 1 N–H and O–H groups in total. The minimum absolute atomic E-state index is 0.238. The van der Waals surface area contributed by atoms with Crippen LogP contribution >= 0.6 is 0 Å². The molecule has 3 rings (SSSR count). The van der Waals surface area contributed by atoms with Gasteiger partial charge in [-0.2, -0.15) is 0 Å². The van der Waals surface area contributed by atoms with E-state index < -0.39 is 0 Å². The van der Waals surface area contributed by atoms with Crippen molar-refractivity contribution in [2.24, 2.45) is 0 Å². The summed E-state index contributed by atoms with van der Waals surface area (Å²) in [5.74, 6) is 2.05. The molecule has 0 aliphatic heterocycles. The lowest BCUT2D eigenvalue weighted by molar-refractivity contribution is 0.0992. The van der Waals surface area contributed by atoms with Gasteiger partial charge in [0.1, 0.15) is 23.9 Å². The lowest BCUT2D eigenvalue weighted by Crippen LogP contribution is -2.10. The molecule has 0 saturated carbocycles. The smallest absolute Gasteiger partial charge is 0.291 e. The Balaban J connectivity index is 1.57. The van der Waals surface area contributed by atoms with Crippen molar-refractivity contribution in [3.8, 4) is 11.5 Å². The number of furan rings is 1. The molecule has 1 amide bonds. The maximum absolute atomic E-state index is 12.3. The van der Waals surface area contributed by atoms with Crippen LogP contribution in [0.3, 0.4) is 0 Å². The fourth-order valence-corrected chi connectivity index (χ4v) is 2.53. The fourth-order valence-electron chi connectivity index (χ4n) is 2.53. The van der Waals surface area contributed by atoms with Crippen LogP contribution in [0.1, 0.15) is 34.4 Å². The second-order valence-corrected chi connectivity index (χ2v) is 6.21. The van der Waals surface area contributed by atoms with Crippen LogP contribution in [0.15, 0.2) is 59.0 Å². The van der Waals surface area contributed by atoms with Crippen LogP contribution in [0.2, 0.25) is 0 Å². The van der Waals surface area contributed by atoms with Crippen LogP contribution in [-0.4, -0.2) is 12.5 Å². The predicted molar refractivity (Wildman–Crippen MR) is 105 cm³/mol. The monoisotopic (exact) mass is 365 g/mol. The first-order valence-electron chi connectivity index (χ1n) is 8.88. The van der Waals surface area contributed by atoms with Gasteiger partial charge in [-0.15, -0.1) is 0 Å². The van der Waals surface area contributed by atoms with E-state index in [9.17, 15) is 4.79 Å². The van der Waals surface area contributed by atoms with Crippen molar-refractivity contribution in [3.63, 3.8) is 0 Å². The molecular weight excluding hydrogens is 342 g/mol. The number of nitrogens with one attached hydrogen (secondary N) is 1. The highest BCUT2D eigenvalue weighted by atomic mass is 16.5. The van der Waals surface area contributed by atoms with Gasteiger partial charge in [-0.25, -0.2) is 0 Å². The molecule has 3 aromatic rings. The highest BCUT2D eigenvalue weighted by Gasteiger charge is 2.12. The Bertz CT molecular complexity index is 912. The Morgan fingerprint density at radius 1 is 0.926 bits per heavy atom. The van der Waals surface area contributed by atoms with E-state index in [2.05, 4.69) is 12.2 Å². The Labute approximate surface area is 158 Å². The minimum atomic E-state index is -0.309. The number of hydrogen-bond donors (Lipinski definition) is 1. The van der Waals surface area contributed by atoms with E-state index in [1.807, 2.05) is 44.2 Å². The van der Waals surface area contributed by atoms with Gasteiger partial charge in [0.05, 0.1) is 6.61 Å². The number of hydrogen-bond acceptors (Lipinski definition) is 4. The van der Waals surface area contributed by atoms with Gasteiger partial charge < -0.3 is 19.2 Å². The van der Waals surface area contributed by atoms with E-state index in [-0.39, 0.29) is 18.3 Å². The Morgan fingerprint density at radius 2 is 1.67 bits per heavy atom. The van der Waals surface area contributed by atoms with Crippen molar-refractivity contribution in [2.45, 2.75) is 27.4 Å². The van der Waals surface area contributed by atoms with E-state index in [0.717, 1.165) is 11.5 Å². The van der Waals surface area contributed by atoms with Crippen molar-refractivity contribution >= 4 is 11.6 Å². The lowest BCUT2D eigenvalue weighted by Gasteiger charge is -2.07. The van der Waals surface area contributed by atoms with Crippen LogP contribution in [0.4, 0.5) is 5.69 Å². The minimum Gasteiger partial charge on any atom is -0.494 e. The molecule has 27 heavy (non-hydrogen) atoms. The van der Waals surface area contributed by atoms with Gasteiger partial charge in [0.2, 0.25) is 0 Å². The predicted octanol–water partition coefficient (Wildman–Crippen LogP) is 5.13. The number of carbonyl (C=O) groups excluding carboxylic acids is 1. The summed E-state index contributed by atoms with van der Waals surface area (Å²) in [6.07, 6.45) is 0. The van der Waals surface area contributed by atoms with Gasteiger partial charge >= 0.3 is 0 Å². The molecule has 140 valence electrons. The fraction of sp³-hybridized carbons (Fsp3) is 0.227. The molecule has 2 aromatic carbocycles. The number of benzene rings is 2. The number of aryl methyl sites for hydroxylation is 2. The molecule has 0 atom stereocenters. The van der Waals surface area contributed by atoms with E-state index in [1.165, 1.54) is 11.1 Å². The zero-order valence-electron chi connectivity index (χ0n) is 15.7. The number of ether oxygens (including phenoxy) is 2. The normalized spacial score (nSPS) is 10.5. The van der Waals surface area contributed by atoms with Crippen molar-refractivity contribution < 1.29 is 18.7 Å². The molecule has 0 bridgehead atoms. The van der Waals surface area contributed by atoms with Crippen LogP contribution in [0, 0.1) is 13.8 Å². The summed E-state index contributed by atoms with van der Waals surface area (Å²) >= 11 is 0. The van der Waals surface area contributed by atoms with E-state index in [4.69, 9.17) is 13.9 Å². The lowest BCUT2D eigenvalue weighted by atomic mass is 10.1. The Hall–Kier alpha value is -3.21. The van der Waals surface area contributed by atoms with Crippen molar-refractivity contribution in [2.75, 3.05) is 11.9 Å². The zero-order valence-corrected chi connectivity index (χ0v) is 15.7. The molecule has 5 heteroatoms. The zero-order chi connectivity index (χ0) is 19.2. The highest BCUT2D eigenvalue weighted by Crippen LogP contribution is 2.20. The molecular formula is C22H23NO4. The molecule has 0 aliphatic rings. The summed E-state index contributed by atoms with van der Waals surface area (Å²) in [5, 5.41) is 2.80. The molecule has 5 nitrogen and oxygen atoms in total. The maximum atomic E-state index is 12.3. The first-order valence-corrected chi connectivity index (χ1v) is 8.88. The largest absolute Gasteiger partial charge is 0.494 e. The number of amides is 1. The SMILES string of the molecule is CCOc1ccc(NC(=O)c2ccc(COc3ccc(C)c(C)c3)o2)cc1. The third-order valence-electron chi connectivity index (χ3n) is 4.17. The van der Waals surface area contributed by atoms with Crippen molar-refractivity contribution in [3.05, 3.63) is 77.2 Å². The third kappa shape index (κ3) is 4.91. The number of carbonyl (C=O) groups is 1. The van der Waals surface area contributed by atoms with Gasteiger partial charge in [0.25, 0.3) is 5.91 Å². The van der Waals surface area contributed by atoms with Crippen LogP contribution in [-0.2, 0) is 6.61 Å². The molecule has 1 aromatic heterocycles. The standard InChI is InChI=1S/C22H23NO4/c1-4-25-18-9-6-17(7-10-18)23-22(24)21-12-11-20(27-21)14-26-19-8-5-15(2)16(3)13-19/h5-13H,4,14H2,1-3H3,(H,23,24). The molecule has 0 radical (unpaired) electrons. The topological polar surface area (TPSA) is 60.7 Å². The Kier molecular flexibility index (Phi) is 5.81. The van der Waals surface area contributed by atoms with Crippen molar-refractivity contribution in [1.29, 1.82) is 0 Å². The van der Waals surface area contributed by atoms with E-state index in [1.54, 1.807) is 24.3 Å². The number of anilines is 1. The van der Waals surface area contributed by atoms with E-state index >= 15 is 0 Å². The molecule has 0 spiro atoms. The van der Waals surface area contributed by atoms with Gasteiger partial charge in [0.15, 0.2) is 5.76 Å². The van der Waals surface area contributed by atoms with E-state index in [0.29, 0.717) is 18.1 Å². The summed E-state index contributed by atoms with van der Waals surface area (Å²) < 4.78 is 16.7. The Morgan fingerprint density at radius 3 is 2.37 bits per heavy atom. The second kappa shape index (κ2) is 8.45. The van der Waals surface area contributed by atoms with Crippen LogP contribution in [0.25, 0.3) is 0 Å². The molecule has 0 unspecified atom stereocenters. The van der Waals surface area contributed by atoms with Gasteiger partial charge in [-0.1, -0.05) is 6.07 Å². The molecule has 0 saturated heterocycles. The van der Waals surface area contributed by atoms with Crippen LogP contribution in [0.5, 0.6) is 11.5 Å².